The minimum atomic E-state index is -2.87. The number of morpholine rings is 1. The van der Waals surface area contributed by atoms with E-state index in [1.54, 1.807) is 18.2 Å². The Labute approximate surface area is 214 Å². The second-order valence-corrected chi connectivity index (χ2v) is 9.58. The minimum absolute atomic E-state index is 0.0528. The molecule has 0 saturated carbocycles. The Morgan fingerprint density at radius 1 is 1.08 bits per heavy atom. The van der Waals surface area contributed by atoms with Gasteiger partial charge in [0.25, 0.3) is 6.43 Å². The molecule has 2 aromatic heterocycles. The molecule has 200 valence electrons. The van der Waals surface area contributed by atoms with Gasteiger partial charge in [0.15, 0.2) is 5.82 Å². The highest BCUT2D eigenvalue weighted by Gasteiger charge is 2.28. The number of piperidine rings is 1. The summed E-state index contributed by atoms with van der Waals surface area (Å²) < 4.78 is 63.0. The van der Waals surface area contributed by atoms with Crippen LogP contribution in [0.1, 0.15) is 25.1 Å². The van der Waals surface area contributed by atoms with E-state index in [1.807, 2.05) is 9.80 Å². The fourth-order valence-corrected chi connectivity index (χ4v) is 5.01. The van der Waals surface area contributed by atoms with Gasteiger partial charge in [0, 0.05) is 32.7 Å². The summed E-state index contributed by atoms with van der Waals surface area (Å²) in [6.45, 7) is 3.79. The van der Waals surface area contributed by atoms with Crippen molar-refractivity contribution in [3.8, 4) is 11.7 Å². The van der Waals surface area contributed by atoms with Crippen molar-refractivity contribution >= 4 is 34.2 Å². The number of nitrogens with zero attached hydrogens (tertiary/aromatic N) is 7. The average molecular weight is 539 g/mol. The average Bonchev–Trinajstić information content (AvgIpc) is 3.33. The summed E-state index contributed by atoms with van der Waals surface area (Å²) >= 11 is -2.05. The molecule has 2 aliphatic rings. The molecule has 2 fully saturated rings. The Balaban J connectivity index is 1.55. The number of rotatable bonds is 8. The number of aromatic nitrogens is 5. The standard InChI is InChI=1S/C22H28F2N8O4S/c1-35-16-4-2-3-15-17(16)26-19(18(23)24)32(15)22-28-20(27-21(29-22)31-9-11-36-12-10-31)30-7-5-14(6-8-30)13-25-37(33)34/h2-4,14,18,25H,5-13H2,1H3,(H,33,34). The van der Waals surface area contributed by atoms with E-state index in [1.165, 1.54) is 11.7 Å². The van der Waals surface area contributed by atoms with E-state index in [0.29, 0.717) is 74.6 Å². The van der Waals surface area contributed by atoms with Crippen molar-refractivity contribution in [1.82, 2.24) is 29.2 Å². The summed E-state index contributed by atoms with van der Waals surface area (Å²) in [5.74, 6) is 0.938. The molecule has 37 heavy (non-hydrogen) atoms. The molecule has 0 amide bonds. The highest BCUT2D eigenvalue weighted by Crippen LogP contribution is 2.32. The van der Waals surface area contributed by atoms with Crippen LogP contribution in [-0.2, 0) is 16.0 Å². The summed E-state index contributed by atoms with van der Waals surface area (Å²) in [7, 11) is 1.46. The van der Waals surface area contributed by atoms with Crippen LogP contribution in [0.2, 0.25) is 0 Å². The van der Waals surface area contributed by atoms with Crippen molar-refractivity contribution in [3.05, 3.63) is 24.0 Å². The molecule has 5 rings (SSSR count). The molecule has 0 radical (unpaired) electrons. The summed E-state index contributed by atoms with van der Waals surface area (Å²) in [5, 5.41) is 0. The van der Waals surface area contributed by atoms with Crippen molar-refractivity contribution < 1.29 is 27.0 Å². The number of anilines is 2. The molecule has 1 atom stereocenters. The molecule has 1 unspecified atom stereocenters. The molecule has 1 aromatic carbocycles. The van der Waals surface area contributed by atoms with Crippen LogP contribution in [0.5, 0.6) is 5.75 Å². The van der Waals surface area contributed by atoms with Gasteiger partial charge in [-0.25, -0.2) is 22.7 Å². The van der Waals surface area contributed by atoms with Crippen LogP contribution in [0.25, 0.3) is 17.0 Å². The highest BCUT2D eigenvalue weighted by atomic mass is 32.2. The Hall–Kier alpha value is -3.01. The van der Waals surface area contributed by atoms with Crippen molar-refractivity contribution in [3.63, 3.8) is 0 Å². The fraction of sp³-hybridized carbons (Fsp3) is 0.545. The second-order valence-electron chi connectivity index (χ2n) is 8.80. The maximum absolute atomic E-state index is 14.2. The molecule has 4 heterocycles. The van der Waals surface area contributed by atoms with Gasteiger partial charge in [-0.2, -0.15) is 15.0 Å². The van der Waals surface area contributed by atoms with E-state index in [-0.39, 0.29) is 11.9 Å². The Bertz CT molecular complexity index is 1260. The van der Waals surface area contributed by atoms with Crippen LogP contribution in [0, 0.1) is 5.92 Å². The number of benzene rings is 1. The molecule has 2 N–H and O–H groups in total. The largest absolute Gasteiger partial charge is 0.494 e. The summed E-state index contributed by atoms with van der Waals surface area (Å²) in [4.78, 5) is 22.1. The quantitative estimate of drug-likeness (QED) is 0.410. The van der Waals surface area contributed by atoms with Gasteiger partial charge < -0.3 is 19.3 Å². The van der Waals surface area contributed by atoms with Crippen molar-refractivity contribution in [2.24, 2.45) is 5.92 Å². The number of ether oxygens (including phenoxy) is 2. The molecular weight excluding hydrogens is 510 g/mol. The number of fused-ring (bicyclic) bond motifs is 1. The van der Waals surface area contributed by atoms with Gasteiger partial charge in [-0.1, -0.05) is 6.07 Å². The molecule has 2 aliphatic heterocycles. The topological polar surface area (TPSA) is 131 Å². The Morgan fingerprint density at radius 3 is 2.35 bits per heavy atom. The third kappa shape index (κ3) is 5.49. The minimum Gasteiger partial charge on any atom is -0.494 e. The van der Waals surface area contributed by atoms with Crippen LogP contribution in [0.4, 0.5) is 20.7 Å². The lowest BCUT2D eigenvalue weighted by molar-refractivity contribution is 0.122. The van der Waals surface area contributed by atoms with Gasteiger partial charge in [0.1, 0.15) is 11.3 Å². The van der Waals surface area contributed by atoms with Gasteiger partial charge >= 0.3 is 0 Å². The van der Waals surface area contributed by atoms with Crippen LogP contribution in [0.3, 0.4) is 0 Å². The van der Waals surface area contributed by atoms with E-state index >= 15 is 0 Å². The molecule has 0 bridgehead atoms. The smallest absolute Gasteiger partial charge is 0.296 e. The number of halogens is 2. The van der Waals surface area contributed by atoms with Crippen LogP contribution in [-0.4, -0.2) is 86.3 Å². The number of methoxy groups -OCH3 is 1. The zero-order valence-corrected chi connectivity index (χ0v) is 21.0. The van der Waals surface area contributed by atoms with Gasteiger partial charge in [0.05, 0.1) is 25.8 Å². The molecule has 0 spiro atoms. The third-order valence-electron chi connectivity index (χ3n) is 6.58. The maximum atomic E-state index is 14.2. The maximum Gasteiger partial charge on any atom is 0.296 e. The van der Waals surface area contributed by atoms with E-state index in [4.69, 9.17) is 19.0 Å². The first-order chi connectivity index (χ1) is 17.9. The number of hydrogen-bond acceptors (Lipinski definition) is 9. The van der Waals surface area contributed by atoms with Gasteiger partial charge in [0.2, 0.25) is 29.1 Å². The van der Waals surface area contributed by atoms with Gasteiger partial charge in [-0.05, 0) is 30.9 Å². The lowest BCUT2D eigenvalue weighted by atomic mass is 9.97. The van der Waals surface area contributed by atoms with Crippen LogP contribution < -0.4 is 19.3 Å². The molecule has 3 aromatic rings. The predicted octanol–water partition coefficient (Wildman–Crippen LogP) is 1.94. The van der Waals surface area contributed by atoms with E-state index in [9.17, 15) is 13.0 Å². The molecule has 2 saturated heterocycles. The Kier molecular flexibility index (Phi) is 7.73. The third-order valence-corrected chi connectivity index (χ3v) is 6.99. The first-order valence-corrected chi connectivity index (χ1v) is 13.1. The molecule has 12 nitrogen and oxygen atoms in total. The second kappa shape index (κ2) is 11.2. The lowest BCUT2D eigenvalue weighted by Crippen LogP contribution is -2.40. The van der Waals surface area contributed by atoms with Crippen molar-refractivity contribution in [1.29, 1.82) is 0 Å². The normalized spacial score (nSPS) is 18.1. The summed E-state index contributed by atoms with van der Waals surface area (Å²) in [6, 6.07) is 5.05. The van der Waals surface area contributed by atoms with E-state index < -0.39 is 23.5 Å². The highest BCUT2D eigenvalue weighted by molar-refractivity contribution is 7.77. The fourth-order valence-electron chi connectivity index (χ4n) is 4.63. The number of para-hydroxylation sites is 1. The number of nitrogens with one attached hydrogen (secondary N) is 1. The van der Waals surface area contributed by atoms with Crippen LogP contribution >= 0.6 is 0 Å². The zero-order chi connectivity index (χ0) is 25.9. The molecule has 0 aliphatic carbocycles. The van der Waals surface area contributed by atoms with Crippen LogP contribution in [0.15, 0.2) is 18.2 Å². The SMILES string of the molecule is COc1cccc2c1nc(C(F)F)n2-c1nc(N2CCOCC2)nc(N2CCC(CNS(=O)O)CC2)n1. The number of alkyl halides is 2. The lowest BCUT2D eigenvalue weighted by Gasteiger charge is -2.33. The number of hydrogen-bond donors (Lipinski definition) is 2. The summed E-state index contributed by atoms with van der Waals surface area (Å²) in [5.41, 5.74) is 0.700. The Morgan fingerprint density at radius 2 is 1.73 bits per heavy atom. The van der Waals surface area contributed by atoms with Gasteiger partial charge in [-0.3, -0.25) is 9.12 Å². The molecular formula is C22H28F2N8O4S. The zero-order valence-electron chi connectivity index (χ0n) is 20.2. The van der Waals surface area contributed by atoms with Crippen molar-refractivity contribution in [2.45, 2.75) is 19.3 Å². The first kappa shape index (κ1) is 25.6. The number of imidazole rings is 1. The van der Waals surface area contributed by atoms with E-state index in [2.05, 4.69) is 19.7 Å². The predicted molar refractivity (Wildman–Crippen MR) is 133 cm³/mol. The summed E-state index contributed by atoms with van der Waals surface area (Å²) in [6.07, 6.45) is -1.36. The first-order valence-electron chi connectivity index (χ1n) is 12.0. The van der Waals surface area contributed by atoms with Crippen molar-refractivity contribution in [2.75, 3.05) is 62.8 Å². The van der Waals surface area contributed by atoms with Gasteiger partial charge in [-0.15, -0.1) is 0 Å². The monoisotopic (exact) mass is 538 g/mol. The molecule has 15 heteroatoms. The van der Waals surface area contributed by atoms with E-state index in [0.717, 1.165) is 12.8 Å².